The van der Waals surface area contributed by atoms with Crippen LogP contribution in [0.4, 0.5) is 0 Å². The Morgan fingerprint density at radius 3 is 2.29 bits per heavy atom. The van der Waals surface area contributed by atoms with Gasteiger partial charge in [0.05, 0.1) is 14.3 Å². The molecule has 0 aliphatic carbocycles. The van der Waals surface area contributed by atoms with Gasteiger partial charge in [-0.3, -0.25) is 4.79 Å². The van der Waals surface area contributed by atoms with Gasteiger partial charge in [0.2, 0.25) is 0 Å². The Morgan fingerprint density at radius 2 is 2.29 bits per heavy atom. The molecule has 0 radical (unpaired) electrons. The standard InChI is InChI=1S/C3H4O2S2/c1-3(4)2-7(5)6/h2H,1H3. The largest absolute Gasteiger partial charge is 0.294 e. The number of hydrogen-bond acceptors (Lipinski definition) is 3. The fourth-order valence-corrected chi connectivity index (χ4v) is 0.813. The average molecular weight is 136 g/mol. The van der Waals surface area contributed by atoms with Gasteiger partial charge in [0.15, 0.2) is 5.78 Å². The second-order valence-corrected chi connectivity index (χ2v) is 2.73. The molecule has 0 atom stereocenters. The molecular formula is C3H4O2S2. The normalized spacial score (nSPS) is 7.57. The van der Waals surface area contributed by atoms with Crippen LogP contribution in [0, 0.1) is 0 Å². The van der Waals surface area contributed by atoms with Crippen LogP contribution in [0.15, 0.2) is 0 Å². The van der Waals surface area contributed by atoms with Gasteiger partial charge in [-0.2, -0.15) is 0 Å². The van der Waals surface area contributed by atoms with E-state index in [9.17, 15) is 9.00 Å². The smallest absolute Gasteiger partial charge is 0.165 e. The van der Waals surface area contributed by atoms with Gasteiger partial charge in [0.1, 0.15) is 0 Å². The van der Waals surface area contributed by atoms with Crippen molar-refractivity contribution in [2.45, 2.75) is 6.92 Å². The Labute approximate surface area is 47.8 Å². The topological polar surface area (TPSA) is 34.1 Å². The molecule has 0 fully saturated rings. The quantitative estimate of drug-likeness (QED) is 0.459. The lowest BCUT2D eigenvalue weighted by atomic mass is 10.5. The maximum atomic E-state index is 9.94. The van der Waals surface area contributed by atoms with Gasteiger partial charge in [0.25, 0.3) is 0 Å². The van der Waals surface area contributed by atoms with Crippen LogP contribution >= 0.6 is 0 Å². The van der Waals surface area contributed by atoms with E-state index in [-0.39, 0.29) is 5.78 Å². The van der Waals surface area contributed by atoms with Crippen molar-refractivity contribution in [1.29, 1.82) is 0 Å². The van der Waals surface area contributed by atoms with E-state index in [1.165, 1.54) is 6.92 Å². The second-order valence-electron chi connectivity index (χ2n) is 0.989. The fourth-order valence-electron chi connectivity index (χ4n) is 0.136. The van der Waals surface area contributed by atoms with E-state index in [1.807, 2.05) is 0 Å². The van der Waals surface area contributed by atoms with E-state index < -0.39 is 8.95 Å². The zero-order chi connectivity index (χ0) is 5.86. The maximum absolute atomic E-state index is 9.94. The van der Waals surface area contributed by atoms with Crippen molar-refractivity contribution in [1.82, 2.24) is 0 Å². The van der Waals surface area contributed by atoms with Crippen LogP contribution in [0.1, 0.15) is 6.92 Å². The van der Waals surface area contributed by atoms with E-state index in [1.54, 1.807) is 0 Å². The number of carbonyl (C=O) groups excluding carboxylic acids is 1. The SMILES string of the molecule is CC(=O)C=S(=O)=S. The summed E-state index contributed by atoms with van der Waals surface area (Å²) in [5.74, 6) is -0.242. The van der Waals surface area contributed by atoms with Gasteiger partial charge in [-0.25, -0.2) is 4.21 Å². The van der Waals surface area contributed by atoms with Crippen LogP contribution in [0.5, 0.6) is 0 Å². The van der Waals surface area contributed by atoms with Crippen molar-refractivity contribution in [2.24, 2.45) is 0 Å². The number of carbonyl (C=O) groups is 1. The second kappa shape index (κ2) is 2.87. The molecule has 0 aromatic carbocycles. The van der Waals surface area contributed by atoms with E-state index in [0.717, 1.165) is 5.37 Å². The zero-order valence-electron chi connectivity index (χ0n) is 3.71. The van der Waals surface area contributed by atoms with Crippen molar-refractivity contribution in [3.8, 4) is 0 Å². The molecule has 0 aliphatic rings. The molecule has 0 rings (SSSR count). The fraction of sp³-hybridized carbons (Fsp3) is 0.333. The third kappa shape index (κ3) is 5.78. The Morgan fingerprint density at radius 1 is 1.86 bits per heavy atom. The number of ketones is 1. The van der Waals surface area contributed by atoms with Crippen LogP contribution in [0.3, 0.4) is 0 Å². The molecule has 0 saturated carbocycles. The van der Waals surface area contributed by atoms with Crippen molar-refractivity contribution in [3.05, 3.63) is 0 Å². The summed E-state index contributed by atoms with van der Waals surface area (Å²) in [5.41, 5.74) is 0. The number of rotatable bonds is 1. The maximum Gasteiger partial charge on any atom is 0.165 e. The van der Waals surface area contributed by atoms with Gasteiger partial charge in [-0.15, -0.1) is 0 Å². The molecule has 0 heterocycles. The van der Waals surface area contributed by atoms with Crippen molar-refractivity contribution in [3.63, 3.8) is 0 Å². The lowest BCUT2D eigenvalue weighted by Gasteiger charge is -1.63. The first-order valence-corrected chi connectivity index (χ1v) is 3.70. The highest BCUT2D eigenvalue weighted by molar-refractivity contribution is 8.20. The minimum atomic E-state index is -1.49. The summed E-state index contributed by atoms with van der Waals surface area (Å²) in [5, 5.41) is 0.981. The van der Waals surface area contributed by atoms with E-state index in [0.29, 0.717) is 0 Å². The third-order valence-electron chi connectivity index (χ3n) is 0.262. The van der Waals surface area contributed by atoms with Crippen LogP contribution in [-0.4, -0.2) is 15.4 Å². The lowest BCUT2D eigenvalue weighted by molar-refractivity contribution is -0.110. The van der Waals surface area contributed by atoms with Gasteiger partial charge >= 0.3 is 0 Å². The summed E-state index contributed by atoms with van der Waals surface area (Å²) in [6.07, 6.45) is 0. The lowest BCUT2D eigenvalue weighted by Crippen LogP contribution is -1.88. The molecule has 7 heavy (non-hydrogen) atoms. The molecule has 0 aliphatic heterocycles. The predicted molar refractivity (Wildman–Crippen MR) is 32.3 cm³/mol. The molecule has 0 spiro atoms. The van der Waals surface area contributed by atoms with Crippen molar-refractivity contribution < 1.29 is 9.00 Å². The van der Waals surface area contributed by atoms with Crippen molar-refractivity contribution >= 4 is 31.3 Å². The summed E-state index contributed by atoms with van der Waals surface area (Å²) >= 11 is 4.15. The van der Waals surface area contributed by atoms with Crippen molar-refractivity contribution in [2.75, 3.05) is 0 Å². The predicted octanol–water partition coefficient (Wildman–Crippen LogP) is -0.412. The Bertz CT molecular complexity index is 179. The highest BCUT2D eigenvalue weighted by Crippen LogP contribution is 1.53. The highest BCUT2D eigenvalue weighted by atomic mass is 32.8. The first kappa shape index (κ1) is 6.78. The first-order chi connectivity index (χ1) is 3.13. The molecule has 4 heteroatoms. The van der Waals surface area contributed by atoms with E-state index in [2.05, 4.69) is 11.2 Å². The van der Waals surface area contributed by atoms with E-state index >= 15 is 0 Å². The van der Waals surface area contributed by atoms with Gasteiger partial charge in [-0.05, 0) is 6.92 Å². The molecule has 0 unspecified atom stereocenters. The van der Waals surface area contributed by atoms with Gasteiger partial charge < -0.3 is 0 Å². The summed E-state index contributed by atoms with van der Waals surface area (Å²) in [6.45, 7) is 1.31. The summed E-state index contributed by atoms with van der Waals surface area (Å²) in [7, 11) is -1.49. The average Bonchev–Trinajstić information content (AvgIpc) is 1.27. The first-order valence-electron chi connectivity index (χ1n) is 1.56. The molecule has 0 saturated heterocycles. The zero-order valence-corrected chi connectivity index (χ0v) is 5.34. The monoisotopic (exact) mass is 136 g/mol. The van der Waals surface area contributed by atoms with Crippen LogP contribution in [0.2, 0.25) is 0 Å². The molecule has 0 bridgehead atoms. The minimum Gasteiger partial charge on any atom is -0.294 e. The van der Waals surface area contributed by atoms with Gasteiger partial charge in [0, 0.05) is 11.2 Å². The molecule has 40 valence electrons. The van der Waals surface area contributed by atoms with Gasteiger partial charge in [-0.1, -0.05) is 0 Å². The number of hydrogen-bond donors (Lipinski definition) is 0. The highest BCUT2D eigenvalue weighted by Gasteiger charge is 1.77. The Kier molecular flexibility index (Phi) is 2.78. The molecule has 2 nitrogen and oxygen atoms in total. The summed E-state index contributed by atoms with van der Waals surface area (Å²) in [6, 6.07) is 0. The summed E-state index contributed by atoms with van der Waals surface area (Å²) < 4.78 is 9.90. The molecule has 0 N–H and O–H groups in total. The van der Waals surface area contributed by atoms with Crippen LogP contribution in [-0.2, 0) is 24.9 Å². The molecule has 0 aromatic heterocycles. The molecular weight excluding hydrogens is 132 g/mol. The molecule has 0 amide bonds. The Hall–Kier alpha value is -0.220. The Balaban J connectivity index is 4.26. The van der Waals surface area contributed by atoms with Crippen LogP contribution < -0.4 is 0 Å². The third-order valence-corrected chi connectivity index (χ3v) is 1.08. The number of Topliss-reactive ketones (excluding diaryl/α,β-unsaturated/α-hetero) is 1. The molecule has 0 aromatic rings. The van der Waals surface area contributed by atoms with Crippen LogP contribution in [0.25, 0.3) is 0 Å². The summed E-state index contributed by atoms with van der Waals surface area (Å²) in [4.78, 5) is 9.94. The van der Waals surface area contributed by atoms with E-state index in [4.69, 9.17) is 0 Å². The minimum absolute atomic E-state index is 0.242.